The molecule has 0 aromatic carbocycles. The van der Waals surface area contributed by atoms with Crippen LogP contribution in [0.1, 0.15) is 65.7 Å². The predicted octanol–water partition coefficient (Wildman–Crippen LogP) is 3.73. The summed E-state index contributed by atoms with van der Waals surface area (Å²) in [6.45, 7) is 6.23. The normalized spacial score (nSPS) is 11.7. The first kappa shape index (κ1) is 14.6. The van der Waals surface area contributed by atoms with Crippen molar-refractivity contribution in [1.29, 1.82) is 0 Å². The zero-order chi connectivity index (χ0) is 11.7. The number of rotatable bonds is 9. The van der Waals surface area contributed by atoms with Gasteiger partial charge in [-0.05, 0) is 26.7 Å². The molecule has 15 heavy (non-hydrogen) atoms. The lowest BCUT2D eigenvalue weighted by Gasteiger charge is -2.22. The van der Waals surface area contributed by atoms with E-state index in [1.165, 1.54) is 19.3 Å². The Labute approximate surface area is 94.4 Å². The van der Waals surface area contributed by atoms with Gasteiger partial charge in [0.1, 0.15) is 5.78 Å². The van der Waals surface area contributed by atoms with Gasteiger partial charge in [0.2, 0.25) is 0 Å². The van der Waals surface area contributed by atoms with Gasteiger partial charge in [-0.1, -0.05) is 26.2 Å². The fourth-order valence-electron chi connectivity index (χ4n) is 1.42. The SMILES string of the molecule is CCCCCCC(=O)CCC(C)(C)OC. The highest BCUT2D eigenvalue weighted by Crippen LogP contribution is 2.16. The summed E-state index contributed by atoms with van der Waals surface area (Å²) in [6, 6.07) is 0. The molecular weight excluding hydrogens is 188 g/mol. The first-order valence-corrected chi connectivity index (χ1v) is 6.08. The van der Waals surface area contributed by atoms with Crippen molar-refractivity contribution in [2.75, 3.05) is 7.11 Å². The lowest BCUT2D eigenvalue weighted by atomic mass is 9.98. The second kappa shape index (κ2) is 7.86. The Bertz CT molecular complexity index is 173. The highest BCUT2D eigenvalue weighted by Gasteiger charge is 2.17. The van der Waals surface area contributed by atoms with Crippen LogP contribution >= 0.6 is 0 Å². The van der Waals surface area contributed by atoms with Gasteiger partial charge in [0, 0.05) is 20.0 Å². The second-order valence-electron chi connectivity index (χ2n) is 4.81. The molecule has 0 aromatic heterocycles. The third kappa shape index (κ3) is 8.61. The van der Waals surface area contributed by atoms with Crippen molar-refractivity contribution >= 4 is 5.78 Å². The zero-order valence-corrected chi connectivity index (χ0v) is 10.8. The quantitative estimate of drug-likeness (QED) is 0.547. The maximum Gasteiger partial charge on any atom is 0.133 e. The molecule has 0 aliphatic heterocycles. The standard InChI is InChI=1S/C13H26O2/c1-5-6-7-8-9-12(14)10-11-13(2,3)15-4/h5-11H2,1-4H3. The third-order valence-electron chi connectivity index (χ3n) is 2.87. The number of unbranched alkanes of at least 4 members (excludes halogenated alkanes) is 3. The van der Waals surface area contributed by atoms with E-state index < -0.39 is 0 Å². The van der Waals surface area contributed by atoms with Crippen LogP contribution < -0.4 is 0 Å². The van der Waals surface area contributed by atoms with Crippen LogP contribution in [0, 0.1) is 0 Å². The summed E-state index contributed by atoms with van der Waals surface area (Å²) >= 11 is 0. The smallest absolute Gasteiger partial charge is 0.133 e. The molecule has 0 aliphatic rings. The molecule has 2 heteroatoms. The van der Waals surface area contributed by atoms with E-state index in [0.717, 1.165) is 19.3 Å². The molecule has 0 saturated heterocycles. The third-order valence-corrected chi connectivity index (χ3v) is 2.87. The van der Waals surface area contributed by atoms with Crippen LogP contribution in [0.4, 0.5) is 0 Å². The largest absolute Gasteiger partial charge is 0.379 e. The number of hydrogen-bond acceptors (Lipinski definition) is 2. The van der Waals surface area contributed by atoms with Crippen LogP contribution in [0.5, 0.6) is 0 Å². The Morgan fingerprint density at radius 2 is 1.80 bits per heavy atom. The van der Waals surface area contributed by atoms with E-state index in [1.54, 1.807) is 7.11 Å². The number of methoxy groups -OCH3 is 1. The van der Waals surface area contributed by atoms with E-state index in [4.69, 9.17) is 4.74 Å². The second-order valence-corrected chi connectivity index (χ2v) is 4.81. The summed E-state index contributed by atoms with van der Waals surface area (Å²) in [5.41, 5.74) is -0.154. The van der Waals surface area contributed by atoms with Crippen molar-refractivity contribution in [3.63, 3.8) is 0 Å². The minimum absolute atomic E-state index is 0.154. The van der Waals surface area contributed by atoms with Crippen LogP contribution in [0.15, 0.2) is 0 Å². The first-order valence-electron chi connectivity index (χ1n) is 6.08. The number of ether oxygens (including phenoxy) is 1. The number of carbonyl (C=O) groups is 1. The van der Waals surface area contributed by atoms with Crippen molar-refractivity contribution < 1.29 is 9.53 Å². The van der Waals surface area contributed by atoms with E-state index in [-0.39, 0.29) is 5.60 Å². The molecule has 0 aromatic rings. The summed E-state index contributed by atoms with van der Waals surface area (Å²) in [5, 5.41) is 0. The summed E-state index contributed by atoms with van der Waals surface area (Å²) in [5.74, 6) is 0.385. The highest BCUT2D eigenvalue weighted by molar-refractivity contribution is 5.78. The molecule has 0 spiro atoms. The maximum atomic E-state index is 11.5. The summed E-state index contributed by atoms with van der Waals surface area (Å²) in [6.07, 6.45) is 6.96. The number of Topliss-reactive ketones (excluding diaryl/α,β-unsaturated/α-hetero) is 1. The van der Waals surface area contributed by atoms with E-state index >= 15 is 0 Å². The van der Waals surface area contributed by atoms with Crippen LogP contribution in [0.3, 0.4) is 0 Å². The Balaban J connectivity index is 3.49. The van der Waals surface area contributed by atoms with Crippen LogP contribution in [-0.4, -0.2) is 18.5 Å². The number of carbonyl (C=O) groups excluding carboxylic acids is 1. The fraction of sp³-hybridized carbons (Fsp3) is 0.923. The Hall–Kier alpha value is -0.370. The molecule has 0 radical (unpaired) electrons. The molecule has 0 rings (SSSR count). The first-order chi connectivity index (χ1) is 7.02. The molecule has 0 fully saturated rings. The molecule has 0 saturated carbocycles. The lowest BCUT2D eigenvalue weighted by Crippen LogP contribution is -2.23. The molecule has 2 nitrogen and oxygen atoms in total. The Morgan fingerprint density at radius 3 is 2.33 bits per heavy atom. The van der Waals surface area contributed by atoms with Crippen molar-refractivity contribution in [3.05, 3.63) is 0 Å². The van der Waals surface area contributed by atoms with Crippen LogP contribution in [-0.2, 0) is 9.53 Å². The molecule has 0 N–H and O–H groups in total. The molecule has 0 aliphatic carbocycles. The van der Waals surface area contributed by atoms with Gasteiger partial charge in [-0.25, -0.2) is 0 Å². The highest BCUT2D eigenvalue weighted by atomic mass is 16.5. The summed E-state index contributed by atoms with van der Waals surface area (Å²) in [4.78, 5) is 11.5. The number of ketones is 1. The monoisotopic (exact) mass is 214 g/mol. The van der Waals surface area contributed by atoms with E-state index in [9.17, 15) is 4.79 Å². The van der Waals surface area contributed by atoms with Crippen LogP contribution in [0.2, 0.25) is 0 Å². The topological polar surface area (TPSA) is 26.3 Å². The molecule has 0 heterocycles. The average Bonchev–Trinajstić information content (AvgIpc) is 2.22. The molecule has 90 valence electrons. The van der Waals surface area contributed by atoms with Crippen molar-refractivity contribution in [3.8, 4) is 0 Å². The summed E-state index contributed by atoms with van der Waals surface area (Å²) in [7, 11) is 1.70. The van der Waals surface area contributed by atoms with Crippen molar-refractivity contribution in [1.82, 2.24) is 0 Å². The maximum absolute atomic E-state index is 11.5. The van der Waals surface area contributed by atoms with Gasteiger partial charge >= 0.3 is 0 Å². The summed E-state index contributed by atoms with van der Waals surface area (Å²) < 4.78 is 5.28. The molecule has 0 amide bonds. The van der Waals surface area contributed by atoms with Crippen LogP contribution in [0.25, 0.3) is 0 Å². The van der Waals surface area contributed by atoms with E-state index in [1.807, 2.05) is 13.8 Å². The molecule has 0 unspecified atom stereocenters. The van der Waals surface area contributed by atoms with Gasteiger partial charge < -0.3 is 4.74 Å². The Morgan fingerprint density at radius 1 is 1.13 bits per heavy atom. The van der Waals surface area contributed by atoms with E-state index in [2.05, 4.69) is 6.92 Å². The number of hydrogen-bond donors (Lipinski definition) is 0. The van der Waals surface area contributed by atoms with Crippen molar-refractivity contribution in [2.45, 2.75) is 71.3 Å². The fourth-order valence-corrected chi connectivity index (χ4v) is 1.42. The molecule has 0 bridgehead atoms. The van der Waals surface area contributed by atoms with Gasteiger partial charge in [-0.2, -0.15) is 0 Å². The minimum Gasteiger partial charge on any atom is -0.379 e. The van der Waals surface area contributed by atoms with E-state index in [0.29, 0.717) is 12.2 Å². The van der Waals surface area contributed by atoms with Gasteiger partial charge in [0.25, 0.3) is 0 Å². The average molecular weight is 214 g/mol. The predicted molar refractivity (Wildman–Crippen MR) is 64.1 cm³/mol. The Kier molecular flexibility index (Phi) is 7.67. The van der Waals surface area contributed by atoms with Gasteiger partial charge in [0.05, 0.1) is 5.60 Å². The minimum atomic E-state index is -0.154. The lowest BCUT2D eigenvalue weighted by molar-refractivity contribution is -0.120. The zero-order valence-electron chi connectivity index (χ0n) is 10.8. The van der Waals surface area contributed by atoms with Gasteiger partial charge in [-0.3, -0.25) is 4.79 Å². The van der Waals surface area contributed by atoms with Gasteiger partial charge in [-0.15, -0.1) is 0 Å². The van der Waals surface area contributed by atoms with Gasteiger partial charge in [0.15, 0.2) is 0 Å². The van der Waals surface area contributed by atoms with Crippen molar-refractivity contribution in [2.24, 2.45) is 0 Å². The molecule has 0 atom stereocenters. The molecular formula is C13H26O2.